The zero-order valence-corrected chi connectivity index (χ0v) is 18.4. The van der Waals surface area contributed by atoms with Gasteiger partial charge in [0.1, 0.15) is 0 Å². The van der Waals surface area contributed by atoms with Crippen LogP contribution < -0.4 is 15.8 Å². The molecule has 10 heteroatoms. The summed E-state index contributed by atoms with van der Waals surface area (Å²) in [6.07, 6.45) is -1.30. The molecule has 1 atom stereocenters. The van der Waals surface area contributed by atoms with Crippen LogP contribution in [0.3, 0.4) is 0 Å². The standard InChI is InChI=1S/C21H25N3O6S/c1-12(2)18(19(25)23-21(22)27)30-20(26)15-7-5-6-8-16(15)24-31(28,29)17-11-13(3)9-10-14(17)4/h5-12,18,24H,1-4H3,(H3,22,23,25,27). The van der Waals surface area contributed by atoms with Gasteiger partial charge < -0.3 is 10.5 Å². The first-order chi connectivity index (χ1) is 14.4. The van der Waals surface area contributed by atoms with Crippen LogP contribution in [0.4, 0.5) is 10.5 Å². The van der Waals surface area contributed by atoms with Gasteiger partial charge in [0, 0.05) is 0 Å². The van der Waals surface area contributed by atoms with E-state index in [4.69, 9.17) is 10.5 Å². The molecule has 0 heterocycles. The largest absolute Gasteiger partial charge is 0.448 e. The van der Waals surface area contributed by atoms with E-state index in [1.54, 1.807) is 45.9 Å². The van der Waals surface area contributed by atoms with Gasteiger partial charge in [0.15, 0.2) is 6.10 Å². The summed E-state index contributed by atoms with van der Waals surface area (Å²) in [6.45, 7) is 6.67. The molecule has 0 saturated heterocycles. The third-order valence-corrected chi connectivity index (χ3v) is 5.88. The molecule has 2 aromatic carbocycles. The van der Waals surface area contributed by atoms with Gasteiger partial charge in [-0.2, -0.15) is 0 Å². The van der Waals surface area contributed by atoms with Gasteiger partial charge in [-0.25, -0.2) is 18.0 Å². The summed E-state index contributed by atoms with van der Waals surface area (Å²) < 4.78 is 33.5. The molecule has 0 saturated carbocycles. The highest BCUT2D eigenvalue weighted by Crippen LogP contribution is 2.24. The molecular formula is C21H25N3O6S. The summed E-state index contributed by atoms with van der Waals surface area (Å²) in [7, 11) is -4.00. The Morgan fingerprint density at radius 1 is 1.03 bits per heavy atom. The van der Waals surface area contributed by atoms with Crippen LogP contribution in [0.2, 0.25) is 0 Å². The number of imide groups is 1. The topological polar surface area (TPSA) is 145 Å². The Morgan fingerprint density at radius 2 is 1.68 bits per heavy atom. The van der Waals surface area contributed by atoms with Crippen LogP contribution in [0.1, 0.15) is 35.3 Å². The Hall–Kier alpha value is -3.40. The number of para-hydroxylation sites is 1. The molecule has 166 valence electrons. The smallest absolute Gasteiger partial charge is 0.341 e. The molecule has 0 fully saturated rings. The van der Waals surface area contributed by atoms with Crippen LogP contribution in [0.15, 0.2) is 47.4 Å². The summed E-state index contributed by atoms with van der Waals surface area (Å²) in [5.41, 5.74) is 6.17. The highest BCUT2D eigenvalue weighted by molar-refractivity contribution is 7.92. The molecule has 2 rings (SSSR count). The lowest BCUT2D eigenvalue weighted by atomic mass is 10.1. The molecule has 0 aromatic heterocycles. The van der Waals surface area contributed by atoms with Crippen molar-refractivity contribution in [1.29, 1.82) is 0 Å². The molecule has 0 spiro atoms. The van der Waals surface area contributed by atoms with Gasteiger partial charge in [0.05, 0.1) is 16.1 Å². The van der Waals surface area contributed by atoms with E-state index in [0.717, 1.165) is 5.56 Å². The number of amides is 3. The highest BCUT2D eigenvalue weighted by atomic mass is 32.2. The van der Waals surface area contributed by atoms with Gasteiger partial charge >= 0.3 is 12.0 Å². The number of esters is 1. The minimum absolute atomic E-state index is 0.00813. The first-order valence-corrected chi connectivity index (χ1v) is 10.9. The summed E-state index contributed by atoms with van der Waals surface area (Å²) in [5, 5.41) is 1.88. The van der Waals surface area contributed by atoms with Crippen molar-refractivity contribution >= 4 is 33.6 Å². The number of nitrogens with two attached hydrogens (primary N) is 1. The zero-order valence-electron chi connectivity index (χ0n) is 17.6. The maximum Gasteiger partial charge on any atom is 0.341 e. The first kappa shape index (κ1) is 23.9. The molecule has 9 nitrogen and oxygen atoms in total. The van der Waals surface area contributed by atoms with E-state index in [1.165, 1.54) is 24.3 Å². The van der Waals surface area contributed by atoms with Crippen LogP contribution in [0, 0.1) is 19.8 Å². The second-order valence-corrected chi connectivity index (χ2v) is 8.99. The van der Waals surface area contributed by atoms with E-state index in [9.17, 15) is 22.8 Å². The van der Waals surface area contributed by atoms with Crippen LogP contribution in [0.5, 0.6) is 0 Å². The van der Waals surface area contributed by atoms with Crippen molar-refractivity contribution in [3.8, 4) is 0 Å². The number of hydrogen-bond donors (Lipinski definition) is 3. The fourth-order valence-electron chi connectivity index (χ4n) is 2.81. The van der Waals surface area contributed by atoms with Gasteiger partial charge in [-0.15, -0.1) is 0 Å². The number of primary amides is 1. The average Bonchev–Trinajstić information content (AvgIpc) is 2.66. The van der Waals surface area contributed by atoms with Gasteiger partial charge in [-0.05, 0) is 49.1 Å². The molecule has 0 radical (unpaired) electrons. The summed E-state index contributed by atoms with van der Waals surface area (Å²) >= 11 is 0. The molecule has 0 bridgehead atoms. The van der Waals surface area contributed by atoms with Crippen molar-refractivity contribution in [3.63, 3.8) is 0 Å². The van der Waals surface area contributed by atoms with Gasteiger partial charge in [-0.3, -0.25) is 14.8 Å². The van der Waals surface area contributed by atoms with Crippen molar-refractivity contribution in [2.75, 3.05) is 4.72 Å². The minimum atomic E-state index is -4.00. The van der Waals surface area contributed by atoms with E-state index in [1.807, 2.05) is 5.32 Å². The van der Waals surface area contributed by atoms with Crippen molar-refractivity contribution < 1.29 is 27.5 Å². The number of benzene rings is 2. The van der Waals surface area contributed by atoms with E-state index in [-0.39, 0.29) is 16.1 Å². The number of anilines is 1. The zero-order chi connectivity index (χ0) is 23.3. The predicted octanol–water partition coefficient (Wildman–Crippen LogP) is 2.48. The summed E-state index contributed by atoms with van der Waals surface area (Å²) in [6, 6.07) is 9.80. The number of urea groups is 1. The Morgan fingerprint density at radius 3 is 2.29 bits per heavy atom. The number of hydrogen-bond acceptors (Lipinski definition) is 6. The minimum Gasteiger partial charge on any atom is -0.448 e. The summed E-state index contributed by atoms with van der Waals surface area (Å²) in [5.74, 6) is -2.27. The molecule has 4 N–H and O–H groups in total. The van der Waals surface area contributed by atoms with Gasteiger partial charge in [0.25, 0.3) is 15.9 Å². The predicted molar refractivity (Wildman–Crippen MR) is 115 cm³/mol. The van der Waals surface area contributed by atoms with E-state index >= 15 is 0 Å². The number of carbonyl (C=O) groups excluding carboxylic acids is 3. The molecule has 0 aliphatic heterocycles. The molecular weight excluding hydrogens is 422 g/mol. The lowest BCUT2D eigenvalue weighted by molar-refractivity contribution is -0.130. The fraction of sp³-hybridized carbons (Fsp3) is 0.286. The lowest BCUT2D eigenvalue weighted by Gasteiger charge is -2.21. The number of rotatable bonds is 7. The van der Waals surface area contributed by atoms with Gasteiger partial charge in [-0.1, -0.05) is 38.1 Å². The van der Waals surface area contributed by atoms with Crippen LogP contribution >= 0.6 is 0 Å². The van der Waals surface area contributed by atoms with Crippen LogP contribution in [0.25, 0.3) is 0 Å². The molecule has 2 aromatic rings. The number of ether oxygens (including phenoxy) is 1. The SMILES string of the molecule is Cc1ccc(C)c(S(=O)(=O)Nc2ccccc2C(=O)OC(C(=O)NC(N)=O)C(C)C)c1. The number of aryl methyl sites for hydroxylation is 2. The quantitative estimate of drug-likeness (QED) is 0.556. The maximum absolute atomic E-state index is 12.9. The Balaban J connectivity index is 2.34. The second kappa shape index (κ2) is 9.61. The Kier molecular flexibility index (Phi) is 7.40. The van der Waals surface area contributed by atoms with E-state index in [2.05, 4.69) is 4.72 Å². The van der Waals surface area contributed by atoms with Crippen LogP contribution in [-0.2, 0) is 19.6 Å². The van der Waals surface area contributed by atoms with E-state index < -0.39 is 40.0 Å². The van der Waals surface area contributed by atoms with Crippen molar-refractivity contribution in [2.45, 2.75) is 38.7 Å². The number of sulfonamides is 1. The number of nitrogens with one attached hydrogen (secondary N) is 2. The molecule has 31 heavy (non-hydrogen) atoms. The van der Waals surface area contributed by atoms with Gasteiger partial charge in [0.2, 0.25) is 0 Å². The number of carbonyl (C=O) groups is 3. The van der Waals surface area contributed by atoms with Crippen molar-refractivity contribution in [2.24, 2.45) is 11.7 Å². The summed E-state index contributed by atoms with van der Waals surface area (Å²) in [4.78, 5) is 35.9. The average molecular weight is 448 g/mol. The third-order valence-electron chi connectivity index (χ3n) is 4.37. The van der Waals surface area contributed by atoms with Crippen molar-refractivity contribution in [3.05, 3.63) is 59.2 Å². The third kappa shape index (κ3) is 6.05. The first-order valence-electron chi connectivity index (χ1n) is 9.42. The highest BCUT2D eigenvalue weighted by Gasteiger charge is 2.29. The Bertz CT molecular complexity index is 1110. The molecule has 1 unspecified atom stereocenters. The normalized spacial score (nSPS) is 12.2. The van der Waals surface area contributed by atoms with Crippen molar-refractivity contribution in [1.82, 2.24) is 5.32 Å². The Labute approximate surface area is 181 Å². The van der Waals surface area contributed by atoms with E-state index in [0.29, 0.717) is 5.56 Å². The molecule has 3 amide bonds. The maximum atomic E-state index is 12.9. The fourth-order valence-corrected chi connectivity index (χ4v) is 4.22. The van der Waals surface area contributed by atoms with Crippen LogP contribution in [-0.4, -0.2) is 32.4 Å². The molecule has 0 aliphatic rings. The lowest BCUT2D eigenvalue weighted by Crippen LogP contribution is -2.45. The second-order valence-electron chi connectivity index (χ2n) is 7.34. The molecule has 0 aliphatic carbocycles. The monoisotopic (exact) mass is 447 g/mol.